The third kappa shape index (κ3) is 1.98. The Kier molecular flexibility index (Phi) is 2.48. The highest BCUT2D eigenvalue weighted by atomic mass is 35.5. The van der Waals surface area contributed by atoms with E-state index in [1.54, 1.807) is 6.07 Å². The predicted octanol–water partition coefficient (Wildman–Crippen LogP) is 3.04. The van der Waals surface area contributed by atoms with E-state index in [0.29, 0.717) is 11.0 Å². The molecule has 0 radical (unpaired) electrons. The first-order valence-electron chi connectivity index (χ1n) is 5.50. The molecule has 0 unspecified atom stereocenters. The van der Waals surface area contributed by atoms with Gasteiger partial charge in [-0.15, -0.1) is 0 Å². The summed E-state index contributed by atoms with van der Waals surface area (Å²) in [5.74, 6) is 1.66. The van der Waals surface area contributed by atoms with Crippen LogP contribution in [-0.2, 0) is 6.42 Å². The maximum Gasteiger partial charge on any atom is 0.133 e. The Morgan fingerprint density at radius 1 is 1.24 bits per heavy atom. The summed E-state index contributed by atoms with van der Waals surface area (Å²) >= 11 is 5.94. The van der Waals surface area contributed by atoms with Gasteiger partial charge < -0.3 is 4.74 Å². The average molecular weight is 247 g/mol. The summed E-state index contributed by atoms with van der Waals surface area (Å²) in [6, 6.07) is 7.89. The first-order valence-corrected chi connectivity index (χ1v) is 5.87. The lowest BCUT2D eigenvalue weighted by atomic mass is 10.1. The van der Waals surface area contributed by atoms with Crippen LogP contribution in [-0.4, -0.2) is 16.6 Å². The fraction of sp³-hybridized carbons (Fsp3) is 0.231. The largest absolute Gasteiger partial charge is 0.493 e. The predicted molar refractivity (Wildman–Crippen MR) is 66.4 cm³/mol. The first kappa shape index (κ1) is 10.5. The summed E-state index contributed by atoms with van der Waals surface area (Å²) in [4.78, 5) is 8.46. The van der Waals surface area contributed by atoms with E-state index in [1.165, 1.54) is 5.56 Å². The van der Waals surface area contributed by atoms with Gasteiger partial charge in [0.25, 0.3) is 0 Å². The number of aryl methyl sites for hydroxylation is 1. The average Bonchev–Trinajstić information content (AvgIpc) is 2.74. The van der Waals surface area contributed by atoms with E-state index in [2.05, 4.69) is 16.0 Å². The standard InChI is InChI=1S/C13H11ClN2O/c1-8-15-11(7-13(14)16-8)9-2-3-12-10(6-9)4-5-17-12/h2-3,6-7H,4-5H2,1H3. The number of aromatic nitrogens is 2. The van der Waals surface area contributed by atoms with Crippen molar-refractivity contribution < 1.29 is 4.74 Å². The molecule has 1 aromatic heterocycles. The molecule has 1 aromatic carbocycles. The Balaban J connectivity index is 2.09. The van der Waals surface area contributed by atoms with E-state index in [9.17, 15) is 0 Å². The molecule has 2 aromatic rings. The van der Waals surface area contributed by atoms with Crippen LogP contribution >= 0.6 is 11.6 Å². The zero-order valence-electron chi connectivity index (χ0n) is 9.40. The molecule has 4 heteroatoms. The Morgan fingerprint density at radius 3 is 2.94 bits per heavy atom. The molecule has 0 amide bonds. The first-order chi connectivity index (χ1) is 8.22. The minimum Gasteiger partial charge on any atom is -0.493 e. The summed E-state index contributed by atoms with van der Waals surface area (Å²) in [5.41, 5.74) is 3.15. The second kappa shape index (κ2) is 4.00. The lowest BCUT2D eigenvalue weighted by Crippen LogP contribution is -1.92. The van der Waals surface area contributed by atoms with Crippen LogP contribution in [0.15, 0.2) is 24.3 Å². The molecular weight excluding hydrogens is 236 g/mol. The minimum atomic E-state index is 0.476. The molecule has 0 bridgehead atoms. The molecule has 86 valence electrons. The third-order valence-electron chi connectivity index (χ3n) is 2.79. The van der Waals surface area contributed by atoms with Crippen LogP contribution in [0, 0.1) is 6.92 Å². The van der Waals surface area contributed by atoms with Gasteiger partial charge >= 0.3 is 0 Å². The van der Waals surface area contributed by atoms with E-state index in [4.69, 9.17) is 16.3 Å². The molecule has 0 N–H and O–H groups in total. The van der Waals surface area contributed by atoms with Crippen molar-refractivity contribution in [3.05, 3.63) is 40.8 Å². The molecule has 17 heavy (non-hydrogen) atoms. The molecule has 0 atom stereocenters. The van der Waals surface area contributed by atoms with Crippen LogP contribution in [0.25, 0.3) is 11.3 Å². The SMILES string of the molecule is Cc1nc(Cl)cc(-c2ccc3c(c2)CCO3)n1. The van der Waals surface area contributed by atoms with E-state index in [-0.39, 0.29) is 0 Å². The van der Waals surface area contributed by atoms with Crippen LogP contribution in [0.1, 0.15) is 11.4 Å². The Morgan fingerprint density at radius 2 is 2.12 bits per heavy atom. The molecule has 3 rings (SSSR count). The topological polar surface area (TPSA) is 35.0 Å². The van der Waals surface area contributed by atoms with Gasteiger partial charge in [0.05, 0.1) is 12.3 Å². The van der Waals surface area contributed by atoms with Crippen molar-refractivity contribution in [2.75, 3.05) is 6.61 Å². The van der Waals surface area contributed by atoms with E-state index in [1.807, 2.05) is 19.1 Å². The monoisotopic (exact) mass is 246 g/mol. The van der Waals surface area contributed by atoms with Gasteiger partial charge in [0, 0.05) is 18.1 Å². The number of nitrogens with zero attached hydrogens (tertiary/aromatic N) is 2. The number of hydrogen-bond acceptors (Lipinski definition) is 3. The van der Waals surface area contributed by atoms with Gasteiger partial charge in [-0.1, -0.05) is 11.6 Å². The Labute approximate surface area is 104 Å². The molecule has 1 aliphatic heterocycles. The van der Waals surface area contributed by atoms with Crippen LogP contribution in [0.2, 0.25) is 5.15 Å². The van der Waals surface area contributed by atoms with Gasteiger partial charge in [-0.3, -0.25) is 0 Å². The van der Waals surface area contributed by atoms with Gasteiger partial charge in [-0.25, -0.2) is 9.97 Å². The van der Waals surface area contributed by atoms with Crippen molar-refractivity contribution in [3.63, 3.8) is 0 Å². The van der Waals surface area contributed by atoms with Crippen molar-refractivity contribution >= 4 is 11.6 Å². The van der Waals surface area contributed by atoms with Crippen LogP contribution < -0.4 is 4.74 Å². The van der Waals surface area contributed by atoms with E-state index < -0.39 is 0 Å². The third-order valence-corrected chi connectivity index (χ3v) is 2.99. The Hall–Kier alpha value is -1.61. The number of fused-ring (bicyclic) bond motifs is 1. The van der Waals surface area contributed by atoms with Gasteiger partial charge in [-0.2, -0.15) is 0 Å². The highest BCUT2D eigenvalue weighted by molar-refractivity contribution is 6.29. The molecular formula is C13H11ClN2O. The van der Waals surface area contributed by atoms with Crippen LogP contribution in [0.4, 0.5) is 0 Å². The molecule has 2 heterocycles. The summed E-state index contributed by atoms with van der Waals surface area (Å²) < 4.78 is 5.48. The van der Waals surface area contributed by atoms with Crippen molar-refractivity contribution in [1.29, 1.82) is 0 Å². The highest BCUT2D eigenvalue weighted by Gasteiger charge is 2.13. The quantitative estimate of drug-likeness (QED) is 0.726. The fourth-order valence-corrected chi connectivity index (χ4v) is 2.25. The fourth-order valence-electron chi connectivity index (χ4n) is 2.03. The highest BCUT2D eigenvalue weighted by Crippen LogP contribution is 2.30. The lowest BCUT2D eigenvalue weighted by molar-refractivity contribution is 0.357. The number of ether oxygens (including phenoxy) is 1. The maximum absolute atomic E-state index is 5.94. The van der Waals surface area contributed by atoms with Crippen molar-refractivity contribution in [3.8, 4) is 17.0 Å². The molecule has 1 aliphatic rings. The molecule has 0 fully saturated rings. The molecule has 0 saturated heterocycles. The Bertz CT molecular complexity index is 563. The molecule has 0 saturated carbocycles. The number of halogens is 1. The van der Waals surface area contributed by atoms with Crippen molar-refractivity contribution in [2.24, 2.45) is 0 Å². The van der Waals surface area contributed by atoms with Gasteiger partial charge in [0.15, 0.2) is 0 Å². The molecule has 0 spiro atoms. The lowest BCUT2D eigenvalue weighted by Gasteiger charge is -2.05. The second-order valence-corrected chi connectivity index (χ2v) is 4.43. The summed E-state index contributed by atoms with van der Waals surface area (Å²) in [6.45, 7) is 2.61. The van der Waals surface area contributed by atoms with Crippen molar-refractivity contribution in [2.45, 2.75) is 13.3 Å². The summed E-state index contributed by atoms with van der Waals surface area (Å²) in [5, 5.41) is 0.476. The molecule has 3 nitrogen and oxygen atoms in total. The van der Waals surface area contributed by atoms with Gasteiger partial charge in [0.2, 0.25) is 0 Å². The van der Waals surface area contributed by atoms with Crippen LogP contribution in [0.3, 0.4) is 0 Å². The zero-order chi connectivity index (χ0) is 11.8. The number of hydrogen-bond donors (Lipinski definition) is 0. The number of rotatable bonds is 1. The van der Waals surface area contributed by atoms with Crippen molar-refractivity contribution in [1.82, 2.24) is 9.97 Å². The van der Waals surface area contributed by atoms with Gasteiger partial charge in [0.1, 0.15) is 16.7 Å². The van der Waals surface area contributed by atoms with E-state index >= 15 is 0 Å². The zero-order valence-corrected chi connectivity index (χ0v) is 10.2. The van der Waals surface area contributed by atoms with Gasteiger partial charge in [-0.05, 0) is 30.7 Å². The maximum atomic E-state index is 5.94. The van der Waals surface area contributed by atoms with Crippen LogP contribution in [0.5, 0.6) is 5.75 Å². The van der Waals surface area contributed by atoms with E-state index in [0.717, 1.165) is 30.0 Å². The second-order valence-electron chi connectivity index (χ2n) is 4.04. The normalized spacial score (nSPS) is 13.3. The smallest absolute Gasteiger partial charge is 0.133 e. The summed E-state index contributed by atoms with van der Waals surface area (Å²) in [7, 11) is 0. The number of benzene rings is 1. The minimum absolute atomic E-state index is 0.476. The summed E-state index contributed by atoms with van der Waals surface area (Å²) in [6.07, 6.45) is 0.959. The molecule has 0 aliphatic carbocycles.